The molecule has 0 atom stereocenters. The van der Waals surface area contributed by atoms with Crippen molar-refractivity contribution in [2.75, 3.05) is 0 Å². The van der Waals surface area contributed by atoms with Crippen LogP contribution < -0.4 is 0 Å². The Bertz CT molecular complexity index is 3620. The molecule has 4 aromatic carbocycles. The first-order valence-corrected chi connectivity index (χ1v) is 20.8. The first kappa shape index (κ1) is 46.4. The Morgan fingerprint density at radius 2 is 0.639 bits per heavy atom. The van der Waals surface area contributed by atoms with Gasteiger partial charge in [0, 0.05) is 22.3 Å². The number of carbonyl (C=O) groups is 8. The molecule has 0 amide bonds. The van der Waals surface area contributed by atoms with Crippen molar-refractivity contribution in [3.05, 3.63) is 211 Å². The lowest BCUT2D eigenvalue weighted by Gasteiger charge is -2.19. The second-order valence-corrected chi connectivity index (χ2v) is 16.1. The zero-order valence-electron chi connectivity index (χ0n) is 36.2. The summed E-state index contributed by atoms with van der Waals surface area (Å²) in [6.07, 6.45) is 12.3. The molecule has 9 rings (SSSR count). The standard InChI is InChI=1S/C52H28N4O16/c57-45(58)25-5-21(6-26(13-25)46(59)60)38-19-37-18-35-2-1-33(53-35)17-34-3-4-36(54-34)20-39-40(22-7-27(47(61)62)14-28(8-22)48(63)64)41(23-9-29(49(65)66)15-30(10-23)50(67)68)44(56-39)42(43(38)55-37)24-11-31(51(69)70)16-32(12-24)52(71)72/h1-20H,(H,57,58)(H,59,60)(H,61,62)(H,63,64)(H,65,66)(H,67,68)(H,69,70)(H,71,72). The van der Waals surface area contributed by atoms with Gasteiger partial charge in [-0.1, -0.05) is 0 Å². The lowest BCUT2D eigenvalue weighted by Crippen LogP contribution is -2.12. The van der Waals surface area contributed by atoms with E-state index in [0.717, 1.165) is 72.8 Å². The van der Waals surface area contributed by atoms with E-state index in [0.29, 0.717) is 17.1 Å². The molecular weight excluding hydrogens is 937 g/mol. The Morgan fingerprint density at radius 1 is 0.306 bits per heavy atom. The minimum absolute atomic E-state index is 0.0508. The highest BCUT2D eigenvalue weighted by molar-refractivity contribution is 6.50. The molecule has 0 spiro atoms. The number of nitrogens with zero attached hydrogens (tertiary/aromatic N) is 4. The van der Waals surface area contributed by atoms with Crippen LogP contribution in [0.15, 0.2) is 164 Å². The lowest BCUT2D eigenvalue weighted by atomic mass is 9.83. The number of benzene rings is 4. The molecule has 0 saturated heterocycles. The Kier molecular flexibility index (Phi) is 11.4. The van der Waals surface area contributed by atoms with E-state index in [1.54, 1.807) is 30.4 Å². The fourth-order valence-electron chi connectivity index (χ4n) is 8.29. The van der Waals surface area contributed by atoms with E-state index in [1.807, 2.05) is 0 Å². The van der Waals surface area contributed by atoms with E-state index in [9.17, 15) is 79.2 Å². The van der Waals surface area contributed by atoms with Crippen LogP contribution in [0.2, 0.25) is 0 Å². The Morgan fingerprint density at radius 3 is 1.03 bits per heavy atom. The fraction of sp³-hybridized carbons (Fsp3) is 0. The first-order chi connectivity index (χ1) is 34.2. The average Bonchev–Trinajstić information content (AvgIpc) is 4.15. The van der Waals surface area contributed by atoms with Gasteiger partial charge < -0.3 is 40.9 Å². The van der Waals surface area contributed by atoms with Crippen molar-refractivity contribution >= 4 is 92.9 Å². The number of carboxylic acids is 8. The van der Waals surface area contributed by atoms with Gasteiger partial charge in [0.05, 0.1) is 90.1 Å². The maximum absolute atomic E-state index is 12.8. The summed E-state index contributed by atoms with van der Waals surface area (Å²) in [5.41, 5.74) is -5.77. The largest absolute Gasteiger partial charge is 0.478 e. The Hall–Kier alpha value is -10.8. The summed E-state index contributed by atoms with van der Waals surface area (Å²) in [7, 11) is 0. The Labute approximate surface area is 402 Å². The minimum Gasteiger partial charge on any atom is -0.478 e. The summed E-state index contributed by atoms with van der Waals surface area (Å²) < 4.78 is 0. The third-order valence-corrected chi connectivity index (χ3v) is 11.4. The molecule has 5 aliphatic heterocycles. The number of rotatable bonds is 12. The van der Waals surface area contributed by atoms with Gasteiger partial charge in [-0.05, 0) is 144 Å². The molecule has 20 heteroatoms. The van der Waals surface area contributed by atoms with E-state index in [1.165, 1.54) is 18.2 Å². The number of carboxylic acid groups (broad SMARTS) is 8. The van der Waals surface area contributed by atoms with Crippen LogP contribution in [0.25, 0.3) is 22.3 Å². The number of fused-ring (bicyclic) bond motifs is 4. The highest BCUT2D eigenvalue weighted by Gasteiger charge is 2.36. The molecular formula is C52H28N4O16. The van der Waals surface area contributed by atoms with E-state index in [4.69, 9.17) is 9.98 Å². The molecule has 8 bridgehead atoms. The second kappa shape index (κ2) is 17.7. The van der Waals surface area contributed by atoms with Gasteiger partial charge in [-0.15, -0.1) is 0 Å². The maximum Gasteiger partial charge on any atom is 0.335 e. The third kappa shape index (κ3) is 8.78. The van der Waals surface area contributed by atoms with Crippen LogP contribution in [0, 0.1) is 0 Å². The van der Waals surface area contributed by atoms with Gasteiger partial charge in [0.2, 0.25) is 0 Å². The predicted octanol–water partition coefficient (Wildman–Crippen LogP) is 7.27. The molecule has 5 heterocycles. The summed E-state index contributed by atoms with van der Waals surface area (Å²) >= 11 is 0. The average molecular weight is 965 g/mol. The first-order valence-electron chi connectivity index (χ1n) is 20.8. The van der Waals surface area contributed by atoms with E-state index >= 15 is 0 Å². The van der Waals surface area contributed by atoms with Gasteiger partial charge in [-0.3, -0.25) is 0 Å². The van der Waals surface area contributed by atoms with Crippen LogP contribution in [0.4, 0.5) is 0 Å². The number of hydrogen-bond acceptors (Lipinski definition) is 12. The lowest BCUT2D eigenvalue weighted by molar-refractivity contribution is 0.0676. The molecule has 72 heavy (non-hydrogen) atoms. The van der Waals surface area contributed by atoms with E-state index in [-0.39, 0.29) is 73.1 Å². The van der Waals surface area contributed by atoms with Crippen LogP contribution in [-0.2, 0) is 0 Å². The highest BCUT2D eigenvalue weighted by Crippen LogP contribution is 2.47. The smallest absolute Gasteiger partial charge is 0.335 e. The van der Waals surface area contributed by atoms with Crippen molar-refractivity contribution in [2.24, 2.45) is 20.0 Å². The molecule has 0 saturated carbocycles. The fourth-order valence-corrected chi connectivity index (χ4v) is 8.29. The van der Waals surface area contributed by atoms with E-state index < -0.39 is 92.3 Å². The van der Waals surface area contributed by atoms with Crippen molar-refractivity contribution < 1.29 is 79.2 Å². The molecule has 20 nitrogen and oxygen atoms in total. The zero-order valence-corrected chi connectivity index (χ0v) is 36.2. The number of allylic oxidation sites excluding steroid dienone is 12. The van der Waals surface area contributed by atoms with Crippen LogP contribution in [0.1, 0.15) is 105 Å². The normalized spacial score (nSPS) is 15.4. The minimum atomic E-state index is -1.62. The third-order valence-electron chi connectivity index (χ3n) is 11.4. The SMILES string of the molecule is O=C(O)c1cc(C(=O)O)cc(C2=CC3=CC4=NC(=CC5=NC(=CC6=NC(=C(c7cc(C(=O)O)cc(C(=O)O)c7)C2=N3)C(c2cc(C(=O)O)cc(C(=O)O)c2)=C6c2cc(C(=O)O)cc(C(=O)O)c2)C=C5)C=C4)c1. The molecule has 5 aliphatic rings. The molecule has 0 unspecified atom stereocenters. The molecule has 352 valence electrons. The monoisotopic (exact) mass is 964 g/mol. The van der Waals surface area contributed by atoms with Gasteiger partial charge >= 0.3 is 47.8 Å². The van der Waals surface area contributed by atoms with Crippen molar-refractivity contribution in [3.8, 4) is 0 Å². The van der Waals surface area contributed by atoms with Gasteiger partial charge in [0.25, 0.3) is 0 Å². The molecule has 0 aromatic heterocycles. The van der Waals surface area contributed by atoms with Crippen molar-refractivity contribution in [3.63, 3.8) is 0 Å². The predicted molar refractivity (Wildman–Crippen MR) is 255 cm³/mol. The molecule has 0 aliphatic carbocycles. The van der Waals surface area contributed by atoms with Crippen molar-refractivity contribution in [2.45, 2.75) is 0 Å². The number of aromatic carboxylic acids is 8. The molecule has 8 N–H and O–H groups in total. The van der Waals surface area contributed by atoms with Crippen molar-refractivity contribution in [1.82, 2.24) is 0 Å². The van der Waals surface area contributed by atoms with Gasteiger partial charge in [0.1, 0.15) is 0 Å². The quantitative estimate of drug-likeness (QED) is 0.0691. The molecule has 0 fully saturated rings. The number of hydrogen-bond donors (Lipinski definition) is 8. The molecule has 0 radical (unpaired) electrons. The summed E-state index contributed by atoms with van der Waals surface area (Å²) in [6.45, 7) is 0. The molecule has 4 aromatic rings. The Balaban J connectivity index is 1.55. The second-order valence-electron chi connectivity index (χ2n) is 16.1. The highest BCUT2D eigenvalue weighted by atomic mass is 16.4. The van der Waals surface area contributed by atoms with Crippen LogP contribution in [0.5, 0.6) is 0 Å². The summed E-state index contributed by atoms with van der Waals surface area (Å²) in [6, 6.07) is 12.0. The topological polar surface area (TPSA) is 348 Å². The van der Waals surface area contributed by atoms with Crippen LogP contribution in [0.3, 0.4) is 0 Å². The summed E-state index contributed by atoms with van der Waals surface area (Å²) in [5.74, 6) is -12.7. The number of aliphatic imine (C=N–C) groups is 4. The summed E-state index contributed by atoms with van der Waals surface area (Å²) in [5, 5.41) is 82.5. The van der Waals surface area contributed by atoms with Gasteiger partial charge in [0.15, 0.2) is 0 Å². The summed E-state index contributed by atoms with van der Waals surface area (Å²) in [4.78, 5) is 121. The van der Waals surface area contributed by atoms with Gasteiger partial charge in [-0.25, -0.2) is 58.3 Å². The zero-order chi connectivity index (χ0) is 51.4. The van der Waals surface area contributed by atoms with Crippen LogP contribution in [-0.4, -0.2) is 111 Å². The van der Waals surface area contributed by atoms with Gasteiger partial charge in [-0.2, -0.15) is 0 Å². The maximum atomic E-state index is 12.8. The van der Waals surface area contributed by atoms with Crippen molar-refractivity contribution in [1.29, 1.82) is 0 Å². The van der Waals surface area contributed by atoms with E-state index in [2.05, 4.69) is 9.98 Å². The van der Waals surface area contributed by atoms with Crippen LogP contribution >= 0.6 is 0 Å².